The average molecular weight is 318 g/mol. The number of thiazole rings is 1. The van der Waals surface area contributed by atoms with Crippen molar-refractivity contribution in [2.75, 3.05) is 5.73 Å². The Bertz CT molecular complexity index is 601. The lowest BCUT2D eigenvalue weighted by molar-refractivity contribution is -0.137. The van der Waals surface area contributed by atoms with Crippen LogP contribution in [0.3, 0.4) is 0 Å². The first-order valence-corrected chi connectivity index (χ1v) is 7.60. The van der Waals surface area contributed by atoms with Gasteiger partial charge in [-0.25, -0.2) is 4.98 Å². The van der Waals surface area contributed by atoms with Gasteiger partial charge in [0.25, 0.3) is 0 Å². The van der Waals surface area contributed by atoms with E-state index in [0.29, 0.717) is 10.6 Å². The molecule has 1 aromatic carbocycles. The second-order valence-corrected chi connectivity index (χ2v) is 6.59. The number of rotatable bonds is 3. The lowest BCUT2D eigenvalue weighted by Crippen LogP contribution is -2.05. The highest BCUT2D eigenvalue weighted by atomic mass is 32.2. The van der Waals surface area contributed by atoms with Crippen molar-refractivity contribution in [2.24, 2.45) is 0 Å². The van der Waals surface area contributed by atoms with E-state index >= 15 is 0 Å². The second kappa shape index (κ2) is 5.65. The largest absolute Gasteiger partial charge is 0.416 e. The number of nitrogens with zero attached hydrogens (tertiary/aromatic N) is 1. The Morgan fingerprint density at radius 2 is 2.00 bits per heavy atom. The van der Waals surface area contributed by atoms with Gasteiger partial charge >= 0.3 is 6.18 Å². The summed E-state index contributed by atoms with van der Waals surface area (Å²) in [5.74, 6) is 0.606. The van der Waals surface area contributed by atoms with E-state index in [1.54, 1.807) is 11.3 Å². The summed E-state index contributed by atoms with van der Waals surface area (Å²) in [5.41, 5.74) is 6.10. The topological polar surface area (TPSA) is 38.9 Å². The highest BCUT2D eigenvalue weighted by Gasteiger charge is 2.30. The van der Waals surface area contributed by atoms with Crippen molar-refractivity contribution in [1.29, 1.82) is 0 Å². The van der Waals surface area contributed by atoms with E-state index in [1.165, 1.54) is 17.8 Å². The van der Waals surface area contributed by atoms with Crippen molar-refractivity contribution in [3.8, 4) is 0 Å². The molecule has 0 radical (unpaired) electrons. The number of aryl methyl sites for hydroxylation is 2. The first-order chi connectivity index (χ1) is 9.27. The minimum Gasteiger partial charge on any atom is -0.398 e. The van der Waals surface area contributed by atoms with Crippen LogP contribution in [0.5, 0.6) is 0 Å². The van der Waals surface area contributed by atoms with Gasteiger partial charge in [0.05, 0.1) is 17.0 Å². The highest BCUT2D eigenvalue weighted by molar-refractivity contribution is 7.98. The Morgan fingerprint density at radius 3 is 2.50 bits per heavy atom. The summed E-state index contributed by atoms with van der Waals surface area (Å²) in [5, 5.41) is 0.948. The van der Waals surface area contributed by atoms with E-state index in [4.69, 9.17) is 5.73 Å². The Labute approximate surface area is 123 Å². The predicted octanol–water partition coefficient (Wildman–Crippen LogP) is 4.65. The SMILES string of the molecule is Cc1nc(CSc2ccc(C(F)(F)F)cc2N)sc1C. The van der Waals surface area contributed by atoms with Crippen molar-refractivity contribution >= 4 is 28.8 Å². The van der Waals surface area contributed by atoms with Crippen LogP contribution in [0.4, 0.5) is 18.9 Å². The van der Waals surface area contributed by atoms with Crippen LogP contribution in [-0.4, -0.2) is 4.98 Å². The van der Waals surface area contributed by atoms with Gasteiger partial charge in [0.2, 0.25) is 0 Å². The number of anilines is 1. The third kappa shape index (κ3) is 3.46. The van der Waals surface area contributed by atoms with Crippen molar-refractivity contribution in [3.05, 3.63) is 39.3 Å². The molecule has 2 aromatic rings. The van der Waals surface area contributed by atoms with Crippen LogP contribution in [0, 0.1) is 13.8 Å². The van der Waals surface area contributed by atoms with Gasteiger partial charge in [0.1, 0.15) is 5.01 Å². The van der Waals surface area contributed by atoms with E-state index in [1.807, 2.05) is 13.8 Å². The van der Waals surface area contributed by atoms with E-state index in [2.05, 4.69) is 4.98 Å². The first kappa shape index (κ1) is 15.2. The third-order valence-electron chi connectivity index (χ3n) is 2.76. The van der Waals surface area contributed by atoms with Gasteiger partial charge in [0, 0.05) is 15.5 Å². The Morgan fingerprint density at radius 1 is 1.30 bits per heavy atom. The quantitative estimate of drug-likeness (QED) is 0.661. The lowest BCUT2D eigenvalue weighted by atomic mass is 10.2. The molecular formula is C13H13F3N2S2. The summed E-state index contributed by atoms with van der Waals surface area (Å²) in [6.07, 6.45) is -4.36. The molecule has 0 amide bonds. The van der Waals surface area contributed by atoms with Gasteiger partial charge in [-0.15, -0.1) is 23.1 Å². The fraction of sp³-hybridized carbons (Fsp3) is 0.308. The van der Waals surface area contributed by atoms with Crippen LogP contribution in [-0.2, 0) is 11.9 Å². The van der Waals surface area contributed by atoms with Crippen LogP contribution in [0.1, 0.15) is 21.1 Å². The minimum atomic E-state index is -4.36. The van der Waals surface area contributed by atoms with Crippen LogP contribution < -0.4 is 5.73 Å². The van der Waals surface area contributed by atoms with Crippen molar-refractivity contribution < 1.29 is 13.2 Å². The number of benzene rings is 1. The smallest absolute Gasteiger partial charge is 0.398 e. The fourth-order valence-corrected chi connectivity index (χ4v) is 3.47. The van der Waals surface area contributed by atoms with Crippen LogP contribution >= 0.6 is 23.1 Å². The summed E-state index contributed by atoms with van der Waals surface area (Å²) in [7, 11) is 0. The normalized spacial score (nSPS) is 11.8. The van der Waals surface area contributed by atoms with Crippen molar-refractivity contribution in [1.82, 2.24) is 4.98 Å². The molecule has 0 unspecified atom stereocenters. The zero-order valence-corrected chi connectivity index (χ0v) is 12.5. The molecule has 1 aromatic heterocycles. The number of hydrogen-bond acceptors (Lipinski definition) is 4. The molecule has 0 aliphatic rings. The van der Waals surface area contributed by atoms with Crippen LogP contribution in [0.15, 0.2) is 23.1 Å². The van der Waals surface area contributed by atoms with Gasteiger partial charge in [-0.1, -0.05) is 0 Å². The summed E-state index contributed by atoms with van der Waals surface area (Å²) < 4.78 is 37.6. The Balaban J connectivity index is 2.10. The summed E-state index contributed by atoms with van der Waals surface area (Å²) in [6.45, 7) is 3.93. The summed E-state index contributed by atoms with van der Waals surface area (Å²) in [6, 6.07) is 3.44. The van der Waals surface area contributed by atoms with Crippen molar-refractivity contribution in [3.63, 3.8) is 0 Å². The monoisotopic (exact) mass is 318 g/mol. The molecule has 2 nitrogen and oxygen atoms in total. The Kier molecular flexibility index (Phi) is 4.29. The van der Waals surface area contributed by atoms with Gasteiger partial charge in [-0.05, 0) is 32.0 Å². The molecule has 0 aliphatic heterocycles. The molecule has 0 atom stereocenters. The molecule has 2 rings (SSSR count). The number of hydrogen-bond donors (Lipinski definition) is 1. The molecule has 0 spiro atoms. The number of alkyl halides is 3. The number of thioether (sulfide) groups is 1. The van der Waals surface area contributed by atoms with E-state index in [9.17, 15) is 13.2 Å². The number of nitrogen functional groups attached to an aromatic ring is 1. The zero-order valence-electron chi connectivity index (χ0n) is 10.9. The Hall–Kier alpha value is -1.21. The van der Waals surface area contributed by atoms with Gasteiger partial charge < -0.3 is 5.73 Å². The average Bonchev–Trinajstić information content (AvgIpc) is 2.66. The maximum atomic E-state index is 12.5. The fourth-order valence-electron chi connectivity index (χ4n) is 1.60. The number of halogens is 3. The zero-order chi connectivity index (χ0) is 14.9. The predicted molar refractivity (Wildman–Crippen MR) is 77.0 cm³/mol. The van der Waals surface area contributed by atoms with E-state index < -0.39 is 11.7 Å². The van der Waals surface area contributed by atoms with Crippen molar-refractivity contribution in [2.45, 2.75) is 30.7 Å². The summed E-state index contributed by atoms with van der Waals surface area (Å²) >= 11 is 2.99. The van der Waals surface area contributed by atoms with E-state index in [0.717, 1.165) is 27.7 Å². The molecule has 1 heterocycles. The molecule has 0 saturated heterocycles. The van der Waals surface area contributed by atoms with Crippen LogP contribution in [0.2, 0.25) is 0 Å². The molecule has 108 valence electrons. The van der Waals surface area contributed by atoms with Crippen LogP contribution in [0.25, 0.3) is 0 Å². The molecule has 0 aliphatic carbocycles. The number of aromatic nitrogens is 1. The standard InChI is InChI=1S/C13H13F3N2S2/c1-7-8(2)20-12(18-7)6-19-11-4-3-9(5-10(11)17)13(14,15)16/h3-5H,6,17H2,1-2H3. The molecule has 7 heteroatoms. The molecule has 2 N–H and O–H groups in total. The summed E-state index contributed by atoms with van der Waals surface area (Å²) in [4.78, 5) is 6.18. The maximum Gasteiger partial charge on any atom is 0.416 e. The molecule has 0 bridgehead atoms. The second-order valence-electron chi connectivity index (χ2n) is 4.29. The van der Waals surface area contributed by atoms with Gasteiger partial charge in [0.15, 0.2) is 0 Å². The van der Waals surface area contributed by atoms with Gasteiger partial charge in [-0.2, -0.15) is 13.2 Å². The number of nitrogens with two attached hydrogens (primary N) is 1. The lowest BCUT2D eigenvalue weighted by Gasteiger charge is -2.10. The third-order valence-corrected chi connectivity index (χ3v) is 5.12. The highest BCUT2D eigenvalue weighted by Crippen LogP contribution is 2.35. The first-order valence-electron chi connectivity index (χ1n) is 5.80. The van der Waals surface area contributed by atoms with E-state index in [-0.39, 0.29) is 5.69 Å². The molecule has 0 saturated carbocycles. The molecule has 0 fully saturated rings. The molecular weight excluding hydrogens is 305 g/mol. The molecule has 20 heavy (non-hydrogen) atoms. The van der Waals surface area contributed by atoms with Gasteiger partial charge in [-0.3, -0.25) is 0 Å². The minimum absolute atomic E-state index is 0.148. The maximum absolute atomic E-state index is 12.5.